The zero-order chi connectivity index (χ0) is 46.4. The minimum Gasteiger partial charge on any atom is -0.465 e. The van der Waals surface area contributed by atoms with Crippen LogP contribution in [0.1, 0.15) is 285 Å². The molecular weight excluding hydrogens is 781 g/mol. The molecule has 2 atom stereocenters. The fourth-order valence-corrected chi connectivity index (χ4v) is 9.16. The molecule has 0 spiro atoms. The third-order valence-corrected chi connectivity index (χ3v) is 13.4. The monoisotopic (exact) mass is 891 g/mol. The van der Waals surface area contributed by atoms with Crippen LogP contribution in [-0.4, -0.2) is 74.1 Å². The molecule has 0 radical (unpaired) electrons. The quantitative estimate of drug-likeness (QED) is 0.0447. The first-order valence-electron chi connectivity index (χ1n) is 28.0. The third-order valence-electron chi connectivity index (χ3n) is 13.4. The van der Waals surface area contributed by atoms with E-state index in [1.165, 1.54) is 122 Å². The van der Waals surface area contributed by atoms with Gasteiger partial charge in [-0.25, -0.2) is 0 Å². The van der Waals surface area contributed by atoms with E-state index in [0.717, 1.165) is 135 Å². The van der Waals surface area contributed by atoms with Crippen molar-refractivity contribution in [1.29, 1.82) is 0 Å². The molecule has 0 N–H and O–H groups in total. The van der Waals surface area contributed by atoms with Crippen LogP contribution in [0, 0.1) is 11.8 Å². The molecule has 0 aliphatic rings. The molecule has 7 nitrogen and oxygen atoms in total. The van der Waals surface area contributed by atoms with Crippen LogP contribution >= 0.6 is 0 Å². The zero-order valence-corrected chi connectivity index (χ0v) is 43.6. The predicted molar refractivity (Wildman–Crippen MR) is 271 cm³/mol. The number of unbranched alkanes of at least 4 members (excludes halogenated alkanes) is 24. The fraction of sp³-hybridized carbons (Fsp3) is 0.946. The van der Waals surface area contributed by atoms with Gasteiger partial charge in [0.1, 0.15) is 0 Å². The lowest BCUT2D eigenvalue weighted by molar-refractivity contribution is -0.150. The summed E-state index contributed by atoms with van der Waals surface area (Å²) in [5.41, 5.74) is 0. The van der Waals surface area contributed by atoms with Crippen molar-refractivity contribution in [2.45, 2.75) is 291 Å². The maximum atomic E-state index is 13.9. The minimum absolute atomic E-state index is 0.0469. The molecular formula is C56H110N2O5. The minimum atomic E-state index is 0.0469. The van der Waals surface area contributed by atoms with Crippen molar-refractivity contribution in [2.75, 3.05) is 40.4 Å². The topological polar surface area (TPSA) is 76.2 Å². The second kappa shape index (κ2) is 46.9. The van der Waals surface area contributed by atoms with E-state index in [1.54, 1.807) is 0 Å². The van der Waals surface area contributed by atoms with E-state index in [4.69, 9.17) is 9.47 Å². The van der Waals surface area contributed by atoms with Crippen LogP contribution in [0.4, 0.5) is 0 Å². The van der Waals surface area contributed by atoms with Gasteiger partial charge in [0.25, 0.3) is 0 Å². The average Bonchev–Trinajstić information content (AvgIpc) is 3.27. The van der Waals surface area contributed by atoms with Gasteiger partial charge in [-0.05, 0) is 84.8 Å². The fourth-order valence-electron chi connectivity index (χ4n) is 9.16. The molecule has 0 rings (SSSR count). The summed E-state index contributed by atoms with van der Waals surface area (Å²) in [6, 6.07) is 0.347. The van der Waals surface area contributed by atoms with Gasteiger partial charge < -0.3 is 19.3 Å². The van der Waals surface area contributed by atoms with Crippen LogP contribution < -0.4 is 0 Å². The number of nitrogens with zero attached hydrogens (tertiary/aromatic N) is 2. The van der Waals surface area contributed by atoms with Gasteiger partial charge in [-0.3, -0.25) is 14.4 Å². The first-order valence-corrected chi connectivity index (χ1v) is 28.0. The molecule has 0 aromatic carbocycles. The normalized spacial score (nSPS) is 13.0. The second-order valence-corrected chi connectivity index (χ2v) is 19.8. The Morgan fingerprint density at radius 1 is 0.365 bits per heavy atom. The van der Waals surface area contributed by atoms with Gasteiger partial charge in [0.05, 0.1) is 25.0 Å². The standard InChI is InChI=1S/C56H110N2O5/c1-8-13-18-27-36-46-54(59)58(48-39-47-57(6)7)53(44-34-28-23-21-25-30-37-49-62-55(60)51(40-16-11-4)42-32-19-14-9-2)45-35-29-24-22-26-31-38-50-63-56(61)52(41-17-12-5)43-33-20-15-10-3/h51-53H,8-50H2,1-7H3. The Morgan fingerprint density at radius 3 is 1.11 bits per heavy atom. The van der Waals surface area contributed by atoms with Gasteiger partial charge in [0, 0.05) is 19.0 Å². The van der Waals surface area contributed by atoms with E-state index < -0.39 is 0 Å². The second-order valence-electron chi connectivity index (χ2n) is 19.8. The van der Waals surface area contributed by atoms with Gasteiger partial charge >= 0.3 is 11.9 Å². The first-order chi connectivity index (χ1) is 30.7. The molecule has 2 unspecified atom stereocenters. The first kappa shape index (κ1) is 61.4. The van der Waals surface area contributed by atoms with Gasteiger partial charge in [-0.2, -0.15) is 0 Å². The lowest BCUT2D eigenvalue weighted by atomic mass is 9.95. The van der Waals surface area contributed by atoms with Crippen molar-refractivity contribution in [2.24, 2.45) is 11.8 Å². The number of rotatable bonds is 49. The van der Waals surface area contributed by atoms with Crippen molar-refractivity contribution in [1.82, 2.24) is 9.80 Å². The summed E-state index contributed by atoms with van der Waals surface area (Å²) in [6.07, 6.45) is 44.4. The maximum Gasteiger partial charge on any atom is 0.308 e. The smallest absolute Gasteiger partial charge is 0.308 e. The number of ether oxygens (including phenoxy) is 2. The highest BCUT2D eigenvalue weighted by molar-refractivity contribution is 5.76. The summed E-state index contributed by atoms with van der Waals surface area (Å²) >= 11 is 0. The number of carbonyl (C=O) groups excluding carboxylic acids is 3. The molecule has 0 aromatic rings. The summed E-state index contributed by atoms with van der Waals surface area (Å²) in [4.78, 5) is 44.1. The summed E-state index contributed by atoms with van der Waals surface area (Å²) < 4.78 is 11.6. The Kier molecular flexibility index (Phi) is 45.7. The molecule has 0 aliphatic carbocycles. The van der Waals surface area contributed by atoms with Crippen LogP contribution in [0.5, 0.6) is 0 Å². The molecule has 0 aliphatic heterocycles. The summed E-state index contributed by atoms with van der Waals surface area (Å²) in [7, 11) is 4.27. The van der Waals surface area contributed by atoms with Crippen LogP contribution in [-0.2, 0) is 23.9 Å². The van der Waals surface area contributed by atoms with Crippen LogP contribution in [0.25, 0.3) is 0 Å². The summed E-state index contributed by atoms with van der Waals surface area (Å²) in [5, 5.41) is 0. The number of carbonyl (C=O) groups is 3. The lowest BCUT2D eigenvalue weighted by Crippen LogP contribution is -2.41. The Morgan fingerprint density at radius 2 is 0.698 bits per heavy atom. The summed E-state index contributed by atoms with van der Waals surface area (Å²) in [5.74, 6) is 0.665. The van der Waals surface area contributed by atoms with Crippen molar-refractivity contribution >= 4 is 17.8 Å². The van der Waals surface area contributed by atoms with Gasteiger partial charge in [-0.1, -0.05) is 214 Å². The molecule has 0 heterocycles. The lowest BCUT2D eigenvalue weighted by Gasteiger charge is -2.33. The molecule has 0 saturated carbocycles. The highest BCUT2D eigenvalue weighted by Gasteiger charge is 2.23. The number of hydrogen-bond acceptors (Lipinski definition) is 6. The molecule has 63 heavy (non-hydrogen) atoms. The number of amides is 1. The van der Waals surface area contributed by atoms with E-state index in [9.17, 15) is 14.4 Å². The van der Waals surface area contributed by atoms with Crippen molar-refractivity contribution < 1.29 is 23.9 Å². The van der Waals surface area contributed by atoms with Gasteiger partial charge in [0.2, 0.25) is 5.91 Å². The Bertz CT molecular complexity index is 948. The van der Waals surface area contributed by atoms with E-state index in [0.29, 0.717) is 31.6 Å². The molecule has 0 saturated heterocycles. The van der Waals surface area contributed by atoms with Crippen LogP contribution in [0.2, 0.25) is 0 Å². The van der Waals surface area contributed by atoms with Crippen LogP contribution in [0.3, 0.4) is 0 Å². The molecule has 0 bridgehead atoms. The molecule has 7 heteroatoms. The third kappa shape index (κ3) is 38.2. The molecule has 1 amide bonds. The van der Waals surface area contributed by atoms with Gasteiger partial charge in [0.15, 0.2) is 0 Å². The summed E-state index contributed by atoms with van der Waals surface area (Å²) in [6.45, 7) is 14.2. The number of esters is 2. The van der Waals surface area contributed by atoms with Crippen molar-refractivity contribution in [3.05, 3.63) is 0 Å². The Hall–Kier alpha value is -1.63. The average molecular weight is 892 g/mol. The maximum absolute atomic E-state index is 13.9. The Balaban J connectivity index is 4.88. The molecule has 374 valence electrons. The Labute approximate surface area is 393 Å². The molecule has 0 fully saturated rings. The van der Waals surface area contributed by atoms with Crippen molar-refractivity contribution in [3.8, 4) is 0 Å². The predicted octanol–water partition coefficient (Wildman–Crippen LogP) is 16.4. The van der Waals surface area contributed by atoms with E-state index in [1.807, 2.05) is 0 Å². The van der Waals surface area contributed by atoms with E-state index in [-0.39, 0.29) is 23.8 Å². The highest BCUT2D eigenvalue weighted by atomic mass is 16.5. The van der Waals surface area contributed by atoms with Gasteiger partial charge in [-0.15, -0.1) is 0 Å². The SMILES string of the molecule is CCCCCCCC(=O)N(CCCN(C)C)C(CCCCCCCCCOC(=O)C(CCCC)CCCCCC)CCCCCCCCCOC(=O)C(CCCC)CCCCCC. The zero-order valence-electron chi connectivity index (χ0n) is 43.6. The number of hydrogen-bond donors (Lipinski definition) is 0. The highest BCUT2D eigenvalue weighted by Crippen LogP contribution is 2.23. The van der Waals surface area contributed by atoms with E-state index >= 15 is 0 Å². The molecule has 0 aromatic heterocycles. The largest absolute Gasteiger partial charge is 0.465 e. The van der Waals surface area contributed by atoms with Crippen LogP contribution in [0.15, 0.2) is 0 Å². The van der Waals surface area contributed by atoms with Crippen molar-refractivity contribution in [3.63, 3.8) is 0 Å². The van der Waals surface area contributed by atoms with E-state index in [2.05, 4.69) is 58.5 Å².